The Morgan fingerprint density at radius 1 is 0.735 bits per heavy atom. The molecule has 10 heteroatoms. The smallest absolute Gasteiger partial charge is 0.331 e. The van der Waals surface area contributed by atoms with Gasteiger partial charge in [0.2, 0.25) is 0 Å². The number of carbonyl (C=O) groups is 4. The van der Waals surface area contributed by atoms with Gasteiger partial charge in [-0.25, -0.2) is 9.59 Å². The molecule has 4 bridgehead atoms. The summed E-state index contributed by atoms with van der Waals surface area (Å²) in [5.41, 5.74) is -1.94. The lowest BCUT2D eigenvalue weighted by Gasteiger charge is -2.51. The van der Waals surface area contributed by atoms with Gasteiger partial charge in [0.25, 0.3) is 0 Å². The summed E-state index contributed by atoms with van der Waals surface area (Å²) < 4.78 is 21.3. The first kappa shape index (κ1) is 25.0. The molecule has 0 radical (unpaired) electrons. The number of carbonyl (C=O) groups excluding carboxylic acids is 4. The monoisotopic (exact) mass is 478 g/mol. The lowest BCUT2D eigenvalue weighted by molar-refractivity contribution is -0.167. The first-order valence-electron chi connectivity index (χ1n) is 11.9. The molecular weight excluding hydrogens is 444 g/mol. The van der Waals surface area contributed by atoms with E-state index < -0.39 is 23.0 Å². The predicted molar refractivity (Wildman–Crippen MR) is 119 cm³/mol. The lowest BCUT2D eigenvalue weighted by Crippen LogP contribution is -2.69. The fraction of sp³-hybridized carbons (Fsp3) is 0.750. The van der Waals surface area contributed by atoms with Crippen molar-refractivity contribution in [3.8, 4) is 0 Å². The largest absolute Gasteiger partial charge is 0.460 e. The number of rotatable bonds is 10. The van der Waals surface area contributed by atoms with Gasteiger partial charge in [-0.05, 0) is 25.7 Å². The average molecular weight is 479 g/mol. The van der Waals surface area contributed by atoms with Gasteiger partial charge in [-0.2, -0.15) is 0 Å². The first-order chi connectivity index (χ1) is 16.4. The SMILES string of the molecule is COCC1(COC(=O)/C=C/C(=O)OCC2(COC)C(=O)C3CCN2CC3)C(=O)C2CCN1CC2. The zero-order valence-electron chi connectivity index (χ0n) is 20.0. The van der Waals surface area contributed by atoms with Crippen LogP contribution >= 0.6 is 0 Å². The van der Waals surface area contributed by atoms with Gasteiger partial charge in [0.1, 0.15) is 24.3 Å². The van der Waals surface area contributed by atoms with E-state index in [1.165, 1.54) is 14.2 Å². The van der Waals surface area contributed by atoms with Gasteiger partial charge in [-0.1, -0.05) is 0 Å². The van der Waals surface area contributed by atoms with Gasteiger partial charge in [-0.15, -0.1) is 0 Å². The zero-order chi connectivity index (χ0) is 24.3. The topological polar surface area (TPSA) is 112 Å². The lowest BCUT2D eigenvalue weighted by atomic mass is 9.74. The molecule has 34 heavy (non-hydrogen) atoms. The number of ketones is 2. The minimum Gasteiger partial charge on any atom is -0.460 e. The van der Waals surface area contributed by atoms with Crippen LogP contribution in [0.5, 0.6) is 0 Å². The molecule has 0 N–H and O–H groups in total. The second-order valence-corrected chi connectivity index (χ2v) is 9.73. The molecule has 10 nitrogen and oxygen atoms in total. The molecule has 6 aliphatic heterocycles. The van der Waals surface area contributed by atoms with Crippen LogP contribution in [0.1, 0.15) is 25.7 Å². The summed E-state index contributed by atoms with van der Waals surface area (Å²) in [7, 11) is 3.04. The van der Waals surface area contributed by atoms with Crippen LogP contribution in [0.15, 0.2) is 12.2 Å². The standard InChI is InChI=1S/C24H34N2O8/c1-31-13-23(21(29)17-5-9-25(23)10-6-17)15-33-19(27)3-4-20(28)34-16-24(14-32-2)22(30)18-7-11-26(24)12-8-18/h3-4,17-18H,5-16H2,1-2H3/b4-3+. The summed E-state index contributed by atoms with van der Waals surface area (Å²) in [5, 5.41) is 0. The van der Waals surface area contributed by atoms with Crippen LogP contribution in [0.25, 0.3) is 0 Å². The number of esters is 2. The van der Waals surface area contributed by atoms with Crippen LogP contribution < -0.4 is 0 Å². The number of piperidine rings is 6. The molecule has 0 aliphatic carbocycles. The number of methoxy groups -OCH3 is 2. The van der Waals surface area contributed by atoms with Crippen LogP contribution in [-0.4, -0.2) is 111 Å². The molecule has 0 aromatic carbocycles. The third kappa shape index (κ3) is 4.44. The van der Waals surface area contributed by atoms with E-state index in [2.05, 4.69) is 0 Å². The van der Waals surface area contributed by atoms with Crippen molar-refractivity contribution in [3.63, 3.8) is 0 Å². The maximum absolute atomic E-state index is 12.9. The second kappa shape index (κ2) is 10.2. The van der Waals surface area contributed by atoms with Crippen molar-refractivity contribution in [2.45, 2.75) is 36.8 Å². The van der Waals surface area contributed by atoms with Crippen LogP contribution in [-0.2, 0) is 38.1 Å². The molecule has 6 fully saturated rings. The Hall–Kier alpha value is -2.14. The number of ether oxygens (including phenoxy) is 4. The number of hydrogen-bond donors (Lipinski definition) is 0. The number of Topliss-reactive ketones (excluding diaryl/α,β-unsaturated/α-hetero) is 2. The Bertz CT molecular complexity index is 776. The molecule has 0 saturated carbocycles. The van der Waals surface area contributed by atoms with Gasteiger partial charge >= 0.3 is 11.9 Å². The Labute approximate surface area is 199 Å². The number of fused-ring (bicyclic) bond motifs is 6. The predicted octanol–water partition coefficient (Wildman–Crippen LogP) is -0.0112. The highest BCUT2D eigenvalue weighted by Gasteiger charge is 2.55. The average Bonchev–Trinajstić information content (AvgIpc) is 2.86. The third-order valence-electron chi connectivity index (χ3n) is 7.89. The fourth-order valence-electron chi connectivity index (χ4n) is 6.03. The Morgan fingerprint density at radius 2 is 1.09 bits per heavy atom. The first-order valence-corrected chi connectivity index (χ1v) is 11.9. The van der Waals surface area contributed by atoms with Crippen molar-refractivity contribution in [2.24, 2.45) is 11.8 Å². The van der Waals surface area contributed by atoms with Crippen molar-refractivity contribution in [1.29, 1.82) is 0 Å². The third-order valence-corrected chi connectivity index (χ3v) is 7.89. The van der Waals surface area contributed by atoms with Gasteiger partial charge in [-0.3, -0.25) is 19.4 Å². The molecular formula is C24H34N2O8. The minimum absolute atomic E-state index is 0.0303. The molecule has 6 aliphatic rings. The minimum atomic E-state index is -0.971. The summed E-state index contributed by atoms with van der Waals surface area (Å²) in [4.78, 5) is 54.5. The molecule has 2 unspecified atom stereocenters. The molecule has 0 spiro atoms. The van der Waals surface area contributed by atoms with Gasteiger partial charge in [0.05, 0.1) is 13.2 Å². The molecule has 2 atom stereocenters. The van der Waals surface area contributed by atoms with E-state index in [1.807, 2.05) is 9.80 Å². The summed E-state index contributed by atoms with van der Waals surface area (Å²) in [6.07, 6.45) is 5.23. The summed E-state index contributed by atoms with van der Waals surface area (Å²) in [5.74, 6) is -1.45. The molecule has 188 valence electrons. The highest BCUT2D eigenvalue weighted by atomic mass is 16.5. The van der Waals surface area contributed by atoms with Crippen molar-refractivity contribution in [3.05, 3.63) is 12.2 Å². The highest BCUT2D eigenvalue weighted by molar-refractivity contribution is 5.95. The second-order valence-electron chi connectivity index (χ2n) is 9.73. The maximum atomic E-state index is 12.9. The van der Waals surface area contributed by atoms with Crippen molar-refractivity contribution < 1.29 is 38.1 Å². The highest BCUT2D eigenvalue weighted by Crippen LogP contribution is 2.38. The molecule has 0 amide bonds. The van der Waals surface area contributed by atoms with Crippen LogP contribution in [0, 0.1) is 11.8 Å². The van der Waals surface area contributed by atoms with Crippen LogP contribution in [0.4, 0.5) is 0 Å². The zero-order valence-corrected chi connectivity index (χ0v) is 20.0. The Morgan fingerprint density at radius 3 is 1.38 bits per heavy atom. The molecule has 6 rings (SSSR count). The summed E-state index contributed by atoms with van der Waals surface area (Å²) >= 11 is 0. The Balaban J connectivity index is 1.32. The Kier molecular flexibility index (Phi) is 7.51. The van der Waals surface area contributed by atoms with Crippen LogP contribution in [0.2, 0.25) is 0 Å². The van der Waals surface area contributed by atoms with Crippen LogP contribution in [0.3, 0.4) is 0 Å². The summed E-state index contributed by atoms with van der Waals surface area (Å²) in [6, 6.07) is 0. The van der Waals surface area contributed by atoms with E-state index in [9.17, 15) is 19.2 Å². The van der Waals surface area contributed by atoms with E-state index in [-0.39, 0.29) is 49.8 Å². The normalized spacial score (nSPS) is 36.8. The number of nitrogens with zero attached hydrogens (tertiary/aromatic N) is 2. The maximum Gasteiger partial charge on any atom is 0.331 e. The quantitative estimate of drug-likeness (QED) is 0.314. The molecule has 6 saturated heterocycles. The fourth-order valence-corrected chi connectivity index (χ4v) is 6.03. The molecule has 0 aromatic heterocycles. The van der Waals surface area contributed by atoms with Gasteiger partial charge < -0.3 is 18.9 Å². The summed E-state index contributed by atoms with van der Waals surface area (Å²) in [6.45, 7) is 3.09. The molecule has 0 aromatic rings. The van der Waals surface area contributed by atoms with Crippen molar-refractivity contribution >= 4 is 23.5 Å². The van der Waals surface area contributed by atoms with Gasteiger partial charge in [0.15, 0.2) is 11.6 Å². The number of hydrogen-bond acceptors (Lipinski definition) is 10. The van der Waals surface area contributed by atoms with E-state index in [4.69, 9.17) is 18.9 Å². The van der Waals surface area contributed by atoms with Gasteiger partial charge in [0, 0.05) is 64.4 Å². The molecule has 6 heterocycles. The van der Waals surface area contributed by atoms with E-state index in [1.54, 1.807) is 0 Å². The van der Waals surface area contributed by atoms with E-state index >= 15 is 0 Å². The van der Waals surface area contributed by atoms with Crippen molar-refractivity contribution in [1.82, 2.24) is 9.80 Å². The van der Waals surface area contributed by atoms with Crippen molar-refractivity contribution in [2.75, 3.05) is 66.8 Å². The van der Waals surface area contributed by atoms with E-state index in [0.29, 0.717) is 0 Å². The van der Waals surface area contributed by atoms with E-state index in [0.717, 1.165) is 64.0 Å².